The highest BCUT2D eigenvalue weighted by atomic mass is 16.5. The van der Waals surface area contributed by atoms with Crippen LogP contribution in [0.2, 0.25) is 0 Å². The summed E-state index contributed by atoms with van der Waals surface area (Å²) < 4.78 is 5.00. The van der Waals surface area contributed by atoms with Crippen LogP contribution in [0.1, 0.15) is 51.2 Å². The number of rotatable bonds is 4. The Morgan fingerprint density at radius 2 is 1.86 bits per heavy atom. The predicted octanol–water partition coefficient (Wildman–Crippen LogP) is 3.00. The number of hydrogen-bond donors (Lipinski definition) is 1. The lowest BCUT2D eigenvalue weighted by Gasteiger charge is -2.30. The van der Waals surface area contributed by atoms with Crippen LogP contribution in [0.3, 0.4) is 0 Å². The third-order valence-electron chi connectivity index (χ3n) is 5.33. The molecule has 0 unspecified atom stereocenters. The zero-order valence-electron chi connectivity index (χ0n) is 16.5. The molecule has 3 aromatic rings. The number of aryl methyl sites for hydroxylation is 1. The fourth-order valence-electron chi connectivity index (χ4n) is 3.62. The van der Waals surface area contributed by atoms with Gasteiger partial charge in [0.05, 0.1) is 0 Å². The number of H-pyrrole nitrogens is 1. The number of aromatic nitrogens is 3. The summed E-state index contributed by atoms with van der Waals surface area (Å²) in [6.07, 6.45) is 1.60. The van der Waals surface area contributed by atoms with Gasteiger partial charge in [-0.15, -0.1) is 0 Å². The number of nitrogens with one attached hydrogen (secondary N) is 1. The van der Waals surface area contributed by atoms with Crippen molar-refractivity contribution in [2.75, 3.05) is 25.0 Å². The van der Waals surface area contributed by atoms with Crippen LogP contribution in [-0.4, -0.2) is 52.2 Å². The molecule has 4 rings (SSSR count). The number of hydrogen-bond acceptors (Lipinski definition) is 5. The van der Waals surface area contributed by atoms with Crippen molar-refractivity contribution in [2.45, 2.75) is 25.7 Å². The highest BCUT2D eigenvalue weighted by molar-refractivity contribution is 6.04. The van der Waals surface area contributed by atoms with Gasteiger partial charge in [-0.2, -0.15) is 5.10 Å². The van der Waals surface area contributed by atoms with Crippen LogP contribution in [0, 0.1) is 6.92 Å². The molecule has 29 heavy (non-hydrogen) atoms. The molecule has 1 saturated heterocycles. The van der Waals surface area contributed by atoms with Gasteiger partial charge in [-0.05, 0) is 38.0 Å². The maximum absolute atomic E-state index is 12.7. The monoisotopic (exact) mass is 393 g/mol. The van der Waals surface area contributed by atoms with Crippen LogP contribution >= 0.6 is 0 Å². The predicted molar refractivity (Wildman–Crippen MR) is 107 cm³/mol. The molecule has 0 spiro atoms. The normalized spacial score (nSPS) is 14.8. The number of amides is 2. The lowest BCUT2D eigenvalue weighted by Crippen LogP contribution is -2.38. The smallest absolute Gasteiger partial charge is 0.278 e. The van der Waals surface area contributed by atoms with Crippen molar-refractivity contribution >= 4 is 17.5 Å². The summed E-state index contributed by atoms with van der Waals surface area (Å²) in [5.74, 6) is 0.588. The molecule has 1 aliphatic rings. The molecule has 0 bridgehead atoms. The van der Waals surface area contributed by atoms with E-state index in [2.05, 4.69) is 15.4 Å². The number of carbonyl (C=O) groups excluding carboxylic acids is 2. The number of para-hydroxylation sites is 1. The summed E-state index contributed by atoms with van der Waals surface area (Å²) in [5.41, 5.74) is 2.48. The van der Waals surface area contributed by atoms with Crippen LogP contribution in [0.4, 0.5) is 5.69 Å². The van der Waals surface area contributed by atoms with Crippen LogP contribution < -0.4 is 4.90 Å². The van der Waals surface area contributed by atoms with Crippen molar-refractivity contribution in [3.8, 4) is 0 Å². The highest BCUT2D eigenvalue weighted by Gasteiger charge is 2.28. The maximum Gasteiger partial charge on any atom is 0.278 e. The van der Waals surface area contributed by atoms with Crippen LogP contribution in [-0.2, 0) is 0 Å². The number of carbonyl (C=O) groups is 2. The minimum atomic E-state index is -0.160. The SMILES string of the molecule is Cc1cc(C(=O)N2CCC(c3cc(C(=O)N(C)c4ccccc4)n[nH]3)CC2)no1. The van der Waals surface area contributed by atoms with Crippen LogP contribution in [0.5, 0.6) is 0 Å². The number of anilines is 1. The Hall–Kier alpha value is -3.42. The Labute approximate surface area is 168 Å². The van der Waals surface area contributed by atoms with E-state index in [-0.39, 0.29) is 17.7 Å². The highest BCUT2D eigenvalue weighted by Crippen LogP contribution is 2.28. The van der Waals surface area contributed by atoms with Crippen molar-refractivity contribution < 1.29 is 14.1 Å². The largest absolute Gasteiger partial charge is 0.361 e. The lowest BCUT2D eigenvalue weighted by molar-refractivity contribution is 0.0701. The summed E-state index contributed by atoms with van der Waals surface area (Å²) in [5, 5.41) is 11.0. The lowest BCUT2D eigenvalue weighted by atomic mass is 9.93. The minimum absolute atomic E-state index is 0.106. The molecule has 1 fully saturated rings. The maximum atomic E-state index is 12.7. The second-order valence-electron chi connectivity index (χ2n) is 7.30. The first kappa shape index (κ1) is 18.9. The van der Waals surface area contributed by atoms with E-state index in [4.69, 9.17) is 4.52 Å². The fourth-order valence-corrected chi connectivity index (χ4v) is 3.62. The number of piperidine rings is 1. The van der Waals surface area contributed by atoms with E-state index >= 15 is 0 Å². The number of nitrogens with zero attached hydrogens (tertiary/aromatic N) is 4. The third-order valence-corrected chi connectivity index (χ3v) is 5.33. The van der Waals surface area contributed by atoms with E-state index in [1.54, 1.807) is 29.8 Å². The number of aromatic amines is 1. The van der Waals surface area contributed by atoms with Crippen molar-refractivity contribution in [2.24, 2.45) is 0 Å². The van der Waals surface area contributed by atoms with Crippen LogP contribution in [0.15, 0.2) is 47.0 Å². The van der Waals surface area contributed by atoms with Gasteiger partial charge in [0.25, 0.3) is 11.8 Å². The van der Waals surface area contributed by atoms with Crippen molar-refractivity contribution in [1.82, 2.24) is 20.3 Å². The molecule has 2 amide bonds. The van der Waals surface area contributed by atoms with Gasteiger partial charge in [-0.3, -0.25) is 14.7 Å². The molecule has 150 valence electrons. The summed E-state index contributed by atoms with van der Waals surface area (Å²) in [7, 11) is 1.74. The summed E-state index contributed by atoms with van der Waals surface area (Å²) in [4.78, 5) is 28.6. The minimum Gasteiger partial charge on any atom is -0.361 e. The van der Waals surface area contributed by atoms with E-state index in [1.807, 2.05) is 36.4 Å². The van der Waals surface area contributed by atoms with Crippen LogP contribution in [0.25, 0.3) is 0 Å². The van der Waals surface area contributed by atoms with Gasteiger partial charge in [0, 0.05) is 43.5 Å². The van der Waals surface area contributed by atoms with Gasteiger partial charge >= 0.3 is 0 Å². The van der Waals surface area contributed by atoms with E-state index < -0.39 is 0 Å². The Bertz CT molecular complexity index is 1000. The zero-order valence-corrected chi connectivity index (χ0v) is 16.5. The topological polar surface area (TPSA) is 95.3 Å². The van der Waals surface area contributed by atoms with E-state index in [9.17, 15) is 9.59 Å². The van der Waals surface area contributed by atoms with Gasteiger partial charge in [0.2, 0.25) is 0 Å². The van der Waals surface area contributed by atoms with Gasteiger partial charge in [0.15, 0.2) is 11.4 Å². The zero-order chi connectivity index (χ0) is 20.4. The second-order valence-corrected chi connectivity index (χ2v) is 7.30. The Kier molecular flexibility index (Phi) is 5.16. The number of benzene rings is 1. The first-order valence-corrected chi connectivity index (χ1v) is 9.64. The molecule has 0 radical (unpaired) electrons. The molecule has 0 aliphatic carbocycles. The first-order valence-electron chi connectivity index (χ1n) is 9.64. The molecular weight excluding hydrogens is 370 g/mol. The molecule has 3 heterocycles. The summed E-state index contributed by atoms with van der Waals surface area (Å²) in [6, 6.07) is 12.9. The molecule has 1 N–H and O–H groups in total. The molecular formula is C21H23N5O3. The standard InChI is InChI=1S/C21H23N5O3/c1-14-12-19(24-29-14)21(28)26-10-8-15(9-11-26)17-13-18(23-22-17)20(27)25(2)16-6-4-3-5-7-16/h3-7,12-13,15H,8-11H2,1-2H3,(H,22,23). The molecule has 8 nitrogen and oxygen atoms in total. The summed E-state index contributed by atoms with van der Waals surface area (Å²) >= 11 is 0. The van der Waals surface area contributed by atoms with Crippen molar-refractivity contribution in [3.63, 3.8) is 0 Å². The van der Waals surface area contributed by atoms with Crippen molar-refractivity contribution in [1.29, 1.82) is 0 Å². The summed E-state index contributed by atoms with van der Waals surface area (Å²) in [6.45, 7) is 3.02. The van der Waals surface area contributed by atoms with Gasteiger partial charge < -0.3 is 14.3 Å². The van der Waals surface area contributed by atoms with E-state index in [0.717, 1.165) is 24.2 Å². The molecule has 0 saturated carbocycles. The van der Waals surface area contributed by atoms with Gasteiger partial charge in [-0.25, -0.2) is 0 Å². The third kappa shape index (κ3) is 3.91. The molecule has 0 atom stereocenters. The quantitative estimate of drug-likeness (QED) is 0.735. The number of likely N-dealkylation sites (tertiary alicyclic amines) is 1. The molecule has 8 heteroatoms. The Morgan fingerprint density at radius 1 is 1.14 bits per heavy atom. The fraction of sp³-hybridized carbons (Fsp3) is 0.333. The average Bonchev–Trinajstić information content (AvgIpc) is 3.42. The molecule has 2 aromatic heterocycles. The van der Waals surface area contributed by atoms with Gasteiger partial charge in [0.1, 0.15) is 5.76 Å². The van der Waals surface area contributed by atoms with Gasteiger partial charge in [-0.1, -0.05) is 23.4 Å². The van der Waals surface area contributed by atoms with E-state index in [0.29, 0.717) is 30.2 Å². The first-order chi connectivity index (χ1) is 14.0. The Morgan fingerprint density at radius 3 is 2.52 bits per heavy atom. The van der Waals surface area contributed by atoms with E-state index in [1.165, 1.54) is 0 Å². The Balaban J connectivity index is 1.38. The molecule has 1 aliphatic heterocycles. The van der Waals surface area contributed by atoms with Crippen molar-refractivity contribution in [3.05, 3.63) is 65.3 Å². The second kappa shape index (κ2) is 7.90. The molecule has 1 aromatic carbocycles. The average molecular weight is 393 g/mol.